The van der Waals surface area contributed by atoms with Gasteiger partial charge in [-0.25, -0.2) is 35.9 Å². The number of ether oxygens (including phenoxy) is 6. The second kappa shape index (κ2) is 38.2. The Kier molecular flexibility index (Phi) is 31.0. The fourth-order valence-corrected chi connectivity index (χ4v) is 13.2. The van der Waals surface area contributed by atoms with Gasteiger partial charge in [0.05, 0.1) is 81.1 Å². The summed E-state index contributed by atoms with van der Waals surface area (Å²) in [5.74, 6) is -28.4. The van der Waals surface area contributed by atoms with Crippen molar-refractivity contribution in [3.8, 4) is 0 Å². The highest BCUT2D eigenvalue weighted by Gasteiger charge is 2.65. The molecule has 2 aromatic heterocycles. The summed E-state index contributed by atoms with van der Waals surface area (Å²) in [4.78, 5) is 136. The second-order valence-corrected chi connectivity index (χ2v) is 27.8. The van der Waals surface area contributed by atoms with E-state index >= 15 is 0 Å². The Bertz CT molecular complexity index is 4070. The molecule has 10 aliphatic rings. The highest BCUT2D eigenvalue weighted by molar-refractivity contribution is 6.08. The third-order valence-corrected chi connectivity index (χ3v) is 20.1. The molecule has 0 spiro atoms. The van der Waals surface area contributed by atoms with Crippen LogP contribution < -0.4 is 22.4 Å². The lowest BCUT2D eigenvalue weighted by molar-refractivity contribution is -0.173. The van der Waals surface area contributed by atoms with Crippen molar-refractivity contribution >= 4 is 76.7 Å². The molecule has 6 fully saturated rings. The molecule has 0 aliphatic carbocycles. The number of nitrogen functional groups attached to an aromatic ring is 1. The Hall–Kier alpha value is -9.22. The van der Waals surface area contributed by atoms with Gasteiger partial charge >= 0.3 is 29.1 Å². The lowest BCUT2D eigenvalue weighted by atomic mass is 9.97. The van der Waals surface area contributed by atoms with Crippen LogP contribution in [0.25, 0.3) is 0 Å². The quantitative estimate of drug-likeness (QED) is 0.0818. The molecule has 0 bridgehead atoms. The number of benzene rings is 1. The monoisotopic (exact) mass is 1700 g/mol. The number of anilines is 2. The van der Waals surface area contributed by atoms with E-state index in [2.05, 4.69) is 15.3 Å². The van der Waals surface area contributed by atoms with Crippen LogP contribution in [0.15, 0.2) is 114 Å². The first kappa shape index (κ1) is 94.9. The number of nitrogens with one attached hydrogen (secondary N) is 1. The van der Waals surface area contributed by atoms with Crippen LogP contribution in [0, 0.1) is 17.8 Å². The van der Waals surface area contributed by atoms with E-state index in [1.54, 1.807) is 58.0 Å². The average molecular weight is 1710 g/mol. The number of allylic oxidation sites excluding steroid dienone is 4. The van der Waals surface area contributed by atoms with Crippen LogP contribution in [0.3, 0.4) is 0 Å². The number of halogens is 13. The van der Waals surface area contributed by atoms with Gasteiger partial charge in [-0.1, -0.05) is 66.7 Å². The van der Waals surface area contributed by atoms with Crippen LogP contribution in [-0.4, -0.2) is 245 Å². The Morgan fingerprint density at radius 3 is 1.02 bits per heavy atom. The Balaban J connectivity index is 0.000000195. The lowest BCUT2D eigenvalue weighted by Gasteiger charge is -2.31. The van der Waals surface area contributed by atoms with Crippen LogP contribution >= 0.6 is 12.4 Å². The number of carbonyl (C=O) groups is 9. The maximum absolute atomic E-state index is 14.5. The van der Waals surface area contributed by atoms with Crippen LogP contribution in [0.1, 0.15) is 123 Å². The molecular weight excluding hydrogens is 1620 g/mol. The second-order valence-electron chi connectivity index (χ2n) is 27.8. The fourth-order valence-electron chi connectivity index (χ4n) is 13.2. The van der Waals surface area contributed by atoms with Gasteiger partial charge in [0.25, 0.3) is 23.7 Å². The lowest BCUT2D eigenvalue weighted by Crippen LogP contribution is -2.50. The molecule has 0 radical (unpaired) electrons. The summed E-state index contributed by atoms with van der Waals surface area (Å²) in [7, 11) is 0. The van der Waals surface area contributed by atoms with Crippen molar-refractivity contribution in [3.05, 3.63) is 130 Å². The molecule has 646 valence electrons. The summed E-state index contributed by atoms with van der Waals surface area (Å²) in [6, 6.07) is 10.8. The van der Waals surface area contributed by atoms with Gasteiger partial charge in [0.2, 0.25) is 61.0 Å². The van der Waals surface area contributed by atoms with Gasteiger partial charge in [-0.05, 0) is 74.3 Å². The number of hydrogen-bond acceptors (Lipinski definition) is 25. The van der Waals surface area contributed by atoms with Crippen molar-refractivity contribution in [2.75, 3.05) is 24.3 Å². The van der Waals surface area contributed by atoms with Crippen molar-refractivity contribution in [1.29, 1.82) is 0 Å². The van der Waals surface area contributed by atoms with Crippen LogP contribution in [0.2, 0.25) is 0 Å². The van der Waals surface area contributed by atoms with Gasteiger partial charge in [0, 0.05) is 42.8 Å². The number of hydrogen-bond donors (Lipinski definition) is 7. The molecule has 0 saturated carbocycles. The maximum atomic E-state index is 14.5. The van der Waals surface area contributed by atoms with Gasteiger partial charge in [0.15, 0.2) is 35.3 Å². The summed E-state index contributed by atoms with van der Waals surface area (Å²) >= 11 is 0. The van der Waals surface area contributed by atoms with Gasteiger partial charge in [-0.2, -0.15) is 36.3 Å². The van der Waals surface area contributed by atoms with E-state index in [0.717, 1.165) is 75.7 Å². The summed E-state index contributed by atoms with van der Waals surface area (Å²) in [6.45, 7) is 9.53. The number of aliphatic hydroxyl groups excluding tert-OH is 5. The third-order valence-electron chi connectivity index (χ3n) is 20.1. The standard InChI is InChI=1S/C18H19F2N3O3.2C12H15F2NO3.C11H13F2NO4.C10H11F2NO5.C9H11F2N3O4.ClH/c1-3-13-11(2)18(19,20)16(26-13)23-10-9-14(22-17(23)25)21-15(24)12-7-5-4-6-8-12;2*1-3-9-7(2)12(13,14)11(18-9)15-5-4-8(16)6-10(15)17;1-2-7-9(17)11(12,13)10(18-7)14-4-3-6(15)5-8(14)16;11-10(12)8(17)6(4-14)18-9(10)13-2-1-5(15)3-7(13)16;10-9(11)6(16)4(3-15)18-7(9)14-2-1-5(12)13-8(14)17;/h4-11,13,16H,3H2,1-2H3,(H,21,22,24,25);2*4-5,7,9,11H,3,6H2,1-2H3;3-4,7,9-10,17H,2,5H2,1H3;1-2,6,8-9,14,17H,3-4H2;1-2,4,6-7,15-16H,3H2,(H2,12,13,17);1H/t11-,13-,16-;2*7-,9-,11-;7-,9-,10-;6-,8-,9-;4-,6-,7-;/m111111./s1. The highest BCUT2D eigenvalue weighted by Crippen LogP contribution is 2.49. The molecule has 0 unspecified atom stereocenters. The first-order valence-electron chi connectivity index (χ1n) is 36.1. The minimum absolute atomic E-state index is 0. The zero-order valence-corrected chi connectivity index (χ0v) is 63.9. The SMILES string of the molecule is CC[C@H]1O[C@@H](N2C=CC(=O)CC2=O)C(F)(F)[C@@H]1C.CC[C@H]1O[C@@H](N2C=CC(=O)CC2=O)C(F)(F)[C@@H]1C.CC[C@H]1O[C@@H](N2C=CC(=O)CC2=O)C(F)(F)[C@@H]1O.CC[C@H]1O[C@@H](n2ccc(NC(=O)c3ccccc3)nc2=O)C(F)(F)[C@@H]1C.Cl.Nc1ccn([C@@H]2O[C@H](CO)[C@@H](O)C2(F)F)c(=O)n1.O=C1C=CN([C@@H]2O[C@H](CO)[C@@H](O)C2(F)F)C(=O)C1. The molecular formula is C72H85ClF12N10O22. The molecule has 5 amide bonds. The molecule has 1 aromatic carbocycles. The topological polar surface area (TPSA) is 431 Å². The van der Waals surface area contributed by atoms with Gasteiger partial charge in [-0.3, -0.25) is 71.9 Å². The zero-order chi connectivity index (χ0) is 86.4. The zero-order valence-electron chi connectivity index (χ0n) is 63.1. The number of aliphatic hydroxyl groups is 5. The summed E-state index contributed by atoms with van der Waals surface area (Å²) < 4.78 is 199. The average Bonchev–Trinajstić information content (AvgIpc) is 1.66. The van der Waals surface area contributed by atoms with Crippen LogP contribution in [-0.2, 0) is 66.8 Å². The van der Waals surface area contributed by atoms with E-state index < -0.39 is 224 Å². The van der Waals surface area contributed by atoms with Gasteiger partial charge < -0.3 is 65.0 Å². The van der Waals surface area contributed by atoms with E-state index in [1.165, 1.54) is 33.0 Å². The number of nitrogens with zero attached hydrogens (tertiary/aromatic N) is 8. The molecule has 18 atom stereocenters. The largest absolute Gasteiger partial charge is 0.394 e. The van der Waals surface area contributed by atoms with Crippen LogP contribution in [0.5, 0.6) is 0 Å². The number of carbonyl (C=O) groups excluding carboxylic acids is 9. The smallest absolute Gasteiger partial charge is 0.351 e. The van der Waals surface area contributed by atoms with Gasteiger partial charge in [0.1, 0.15) is 29.9 Å². The minimum Gasteiger partial charge on any atom is -0.394 e. The number of nitrogens with two attached hydrogens (primary N) is 1. The Morgan fingerprint density at radius 2 is 0.709 bits per heavy atom. The summed E-state index contributed by atoms with van der Waals surface area (Å²) in [5.41, 5.74) is 3.69. The number of aromatic nitrogens is 4. The summed E-state index contributed by atoms with van der Waals surface area (Å²) in [6.07, 6.45) is -12.6. The van der Waals surface area contributed by atoms with Crippen LogP contribution in [0.4, 0.5) is 64.3 Å². The van der Waals surface area contributed by atoms with E-state index in [4.69, 9.17) is 44.4 Å². The highest BCUT2D eigenvalue weighted by atomic mass is 35.5. The molecule has 45 heteroatoms. The van der Waals surface area contributed by atoms with Crippen molar-refractivity contribution in [3.63, 3.8) is 0 Å². The first-order chi connectivity index (χ1) is 54.2. The van der Waals surface area contributed by atoms with Crippen molar-refractivity contribution in [2.45, 2.75) is 228 Å². The molecule has 6 saturated heterocycles. The van der Waals surface area contributed by atoms with E-state index in [9.17, 15) is 121 Å². The normalized spacial score (nSPS) is 31.9. The van der Waals surface area contributed by atoms with Crippen molar-refractivity contribution in [2.24, 2.45) is 17.8 Å². The molecule has 117 heavy (non-hydrogen) atoms. The molecule has 32 nitrogen and oxygen atoms in total. The van der Waals surface area contributed by atoms with Crippen molar-refractivity contribution < 1.29 is 150 Å². The number of ketones is 4. The molecule has 10 aliphatic heterocycles. The fraction of sp³-hybridized carbons (Fsp3) is 0.569. The predicted octanol–water partition coefficient (Wildman–Crippen LogP) is 5.07. The third kappa shape index (κ3) is 20.2. The number of rotatable bonds is 14. The first-order valence-corrected chi connectivity index (χ1v) is 36.1. The predicted molar refractivity (Wildman–Crippen MR) is 378 cm³/mol. The molecule has 8 N–H and O–H groups in total. The Labute approximate surface area is 663 Å². The van der Waals surface area contributed by atoms with E-state index in [0.29, 0.717) is 39.2 Å². The molecule has 13 rings (SSSR count). The maximum Gasteiger partial charge on any atom is 0.351 e. The minimum atomic E-state index is -3.71. The molecule has 12 heterocycles. The van der Waals surface area contributed by atoms with Crippen molar-refractivity contribution in [1.82, 2.24) is 38.7 Å². The van der Waals surface area contributed by atoms with E-state index in [1.807, 2.05) is 0 Å². The molecule has 3 aromatic rings. The van der Waals surface area contributed by atoms with E-state index in [-0.39, 0.29) is 54.9 Å². The summed E-state index contributed by atoms with van der Waals surface area (Å²) in [5, 5.41) is 48.1. The number of amides is 5. The Morgan fingerprint density at radius 1 is 0.427 bits per heavy atom. The van der Waals surface area contributed by atoms with Gasteiger partial charge in [-0.15, -0.1) is 12.4 Å². The number of alkyl halides is 12.